The van der Waals surface area contributed by atoms with Crippen molar-refractivity contribution >= 4 is 6.29 Å². The van der Waals surface area contributed by atoms with Crippen LogP contribution in [0.4, 0.5) is 0 Å². The van der Waals surface area contributed by atoms with Gasteiger partial charge in [0, 0.05) is 5.92 Å². The largest absolute Gasteiger partial charge is 0.303 e. The van der Waals surface area contributed by atoms with Crippen molar-refractivity contribution in [2.75, 3.05) is 0 Å². The smallest absolute Gasteiger partial charge is 0.123 e. The Balaban J connectivity index is 2.30. The van der Waals surface area contributed by atoms with Crippen molar-refractivity contribution < 1.29 is 4.79 Å². The summed E-state index contributed by atoms with van der Waals surface area (Å²) >= 11 is 0. The fraction of sp³-hybridized carbons (Fsp3) is 0.615. The Bertz CT molecular complexity index is 244. The van der Waals surface area contributed by atoms with Crippen LogP contribution in [0.15, 0.2) is 23.3 Å². The van der Waals surface area contributed by atoms with Crippen molar-refractivity contribution in [3.63, 3.8) is 0 Å². The van der Waals surface area contributed by atoms with E-state index >= 15 is 0 Å². The minimum atomic E-state index is 0.294. The first kappa shape index (κ1) is 11.2. The summed E-state index contributed by atoms with van der Waals surface area (Å²) in [6, 6.07) is 0. The van der Waals surface area contributed by atoms with Crippen LogP contribution in [0.2, 0.25) is 0 Å². The molecule has 1 aliphatic carbocycles. The summed E-state index contributed by atoms with van der Waals surface area (Å²) in [7, 11) is 0. The van der Waals surface area contributed by atoms with Gasteiger partial charge >= 0.3 is 0 Å². The topological polar surface area (TPSA) is 17.1 Å². The van der Waals surface area contributed by atoms with Gasteiger partial charge in [0.1, 0.15) is 6.29 Å². The number of hydrogen-bond donors (Lipinski definition) is 0. The zero-order chi connectivity index (χ0) is 10.4. The maximum atomic E-state index is 10.5. The second-order valence-electron chi connectivity index (χ2n) is 4.35. The molecule has 0 aromatic carbocycles. The van der Waals surface area contributed by atoms with E-state index in [-0.39, 0.29) is 0 Å². The summed E-state index contributed by atoms with van der Waals surface area (Å²) in [5.41, 5.74) is 2.94. The predicted molar refractivity (Wildman–Crippen MR) is 60.2 cm³/mol. The van der Waals surface area contributed by atoms with E-state index in [1.165, 1.54) is 12.0 Å². The van der Waals surface area contributed by atoms with Gasteiger partial charge < -0.3 is 4.79 Å². The van der Waals surface area contributed by atoms with E-state index in [2.05, 4.69) is 26.0 Å². The molecule has 0 aromatic heterocycles. The van der Waals surface area contributed by atoms with Crippen molar-refractivity contribution in [2.45, 2.75) is 46.0 Å². The summed E-state index contributed by atoms with van der Waals surface area (Å²) in [5.74, 6) is 0.294. The van der Waals surface area contributed by atoms with Crippen LogP contribution in [0, 0.1) is 5.92 Å². The molecule has 0 spiro atoms. The highest BCUT2D eigenvalue weighted by molar-refractivity contribution is 5.54. The number of hydrogen-bond acceptors (Lipinski definition) is 1. The molecule has 0 amide bonds. The molecule has 0 aromatic rings. The van der Waals surface area contributed by atoms with Crippen LogP contribution in [0.3, 0.4) is 0 Å². The molecule has 1 aliphatic rings. The molecular weight excluding hydrogens is 172 g/mol. The van der Waals surface area contributed by atoms with Gasteiger partial charge in [0.05, 0.1) is 0 Å². The van der Waals surface area contributed by atoms with Crippen LogP contribution in [-0.4, -0.2) is 6.29 Å². The van der Waals surface area contributed by atoms with Crippen molar-refractivity contribution in [3.8, 4) is 0 Å². The van der Waals surface area contributed by atoms with E-state index in [1.807, 2.05) is 0 Å². The van der Waals surface area contributed by atoms with Gasteiger partial charge in [-0.25, -0.2) is 0 Å². The highest BCUT2D eigenvalue weighted by Crippen LogP contribution is 2.25. The lowest BCUT2D eigenvalue weighted by Crippen LogP contribution is -2.06. The first-order chi connectivity index (χ1) is 6.72. The molecule has 0 heterocycles. The third kappa shape index (κ3) is 3.91. The number of rotatable bonds is 4. The molecule has 0 radical (unpaired) electrons. The minimum absolute atomic E-state index is 0.294. The number of carbonyl (C=O) groups excluding carboxylic acids is 1. The quantitative estimate of drug-likeness (QED) is 0.491. The van der Waals surface area contributed by atoms with Crippen LogP contribution >= 0.6 is 0 Å². The molecule has 1 rings (SSSR count). The van der Waals surface area contributed by atoms with E-state index < -0.39 is 0 Å². The number of aldehydes is 1. The molecule has 14 heavy (non-hydrogen) atoms. The summed E-state index contributed by atoms with van der Waals surface area (Å²) in [6.07, 6.45) is 11.1. The molecule has 0 saturated carbocycles. The highest BCUT2D eigenvalue weighted by Gasteiger charge is 2.12. The second kappa shape index (κ2) is 5.79. The Morgan fingerprint density at radius 3 is 2.86 bits per heavy atom. The summed E-state index contributed by atoms with van der Waals surface area (Å²) in [5, 5.41) is 0. The van der Waals surface area contributed by atoms with Gasteiger partial charge in [-0.05, 0) is 46.0 Å². The Morgan fingerprint density at radius 2 is 2.36 bits per heavy atom. The SMILES string of the molecule is CC(C)=CCCC1=CC[C@H](C=O)CC1. The maximum absolute atomic E-state index is 10.5. The normalized spacial score (nSPS) is 21.3. The van der Waals surface area contributed by atoms with Crippen LogP contribution < -0.4 is 0 Å². The van der Waals surface area contributed by atoms with Gasteiger partial charge in [-0.2, -0.15) is 0 Å². The summed E-state index contributed by atoms with van der Waals surface area (Å²) < 4.78 is 0. The van der Waals surface area contributed by atoms with Crippen molar-refractivity contribution in [2.24, 2.45) is 5.92 Å². The first-order valence-corrected chi connectivity index (χ1v) is 5.49. The van der Waals surface area contributed by atoms with Gasteiger partial charge in [-0.1, -0.05) is 23.3 Å². The molecule has 1 atom stereocenters. The van der Waals surface area contributed by atoms with Gasteiger partial charge in [-0.15, -0.1) is 0 Å². The average molecular weight is 192 g/mol. The Labute approximate surface area is 86.9 Å². The van der Waals surface area contributed by atoms with E-state index in [9.17, 15) is 4.79 Å². The van der Waals surface area contributed by atoms with Crippen LogP contribution in [0.1, 0.15) is 46.0 Å². The van der Waals surface area contributed by atoms with Crippen molar-refractivity contribution in [1.29, 1.82) is 0 Å². The van der Waals surface area contributed by atoms with Gasteiger partial charge in [0.15, 0.2) is 0 Å². The minimum Gasteiger partial charge on any atom is -0.303 e. The molecule has 0 aliphatic heterocycles. The van der Waals surface area contributed by atoms with E-state index in [0.717, 1.165) is 32.0 Å². The first-order valence-electron chi connectivity index (χ1n) is 5.49. The molecule has 0 fully saturated rings. The molecule has 1 nitrogen and oxygen atoms in total. The Morgan fingerprint density at radius 1 is 1.57 bits per heavy atom. The Kier molecular flexibility index (Phi) is 4.64. The standard InChI is InChI=1S/C13H20O/c1-11(2)4-3-5-12-6-8-13(10-14)9-7-12/h4,6,10,13H,3,5,7-9H2,1-2H3/t13-/m0/s1. The number of allylic oxidation sites excluding steroid dienone is 4. The van der Waals surface area contributed by atoms with Gasteiger partial charge in [-0.3, -0.25) is 0 Å². The van der Waals surface area contributed by atoms with Gasteiger partial charge in [0.25, 0.3) is 0 Å². The third-order valence-corrected chi connectivity index (χ3v) is 2.76. The lowest BCUT2D eigenvalue weighted by atomic mass is 9.89. The summed E-state index contributed by atoms with van der Waals surface area (Å²) in [4.78, 5) is 10.5. The van der Waals surface area contributed by atoms with Crippen LogP contribution in [0.5, 0.6) is 0 Å². The highest BCUT2D eigenvalue weighted by atomic mass is 16.1. The van der Waals surface area contributed by atoms with Crippen molar-refractivity contribution in [3.05, 3.63) is 23.3 Å². The fourth-order valence-corrected chi connectivity index (χ4v) is 1.81. The molecule has 78 valence electrons. The average Bonchev–Trinajstić information content (AvgIpc) is 2.18. The Hall–Kier alpha value is -0.850. The zero-order valence-corrected chi connectivity index (χ0v) is 9.25. The summed E-state index contributed by atoms with van der Waals surface area (Å²) in [6.45, 7) is 4.27. The van der Waals surface area contributed by atoms with Crippen LogP contribution in [-0.2, 0) is 4.79 Å². The second-order valence-corrected chi connectivity index (χ2v) is 4.35. The van der Waals surface area contributed by atoms with E-state index in [4.69, 9.17) is 0 Å². The van der Waals surface area contributed by atoms with E-state index in [1.54, 1.807) is 5.57 Å². The third-order valence-electron chi connectivity index (χ3n) is 2.76. The monoisotopic (exact) mass is 192 g/mol. The zero-order valence-electron chi connectivity index (χ0n) is 9.25. The fourth-order valence-electron chi connectivity index (χ4n) is 1.81. The van der Waals surface area contributed by atoms with E-state index in [0.29, 0.717) is 5.92 Å². The lowest BCUT2D eigenvalue weighted by molar-refractivity contribution is -0.111. The van der Waals surface area contributed by atoms with Gasteiger partial charge in [0.2, 0.25) is 0 Å². The van der Waals surface area contributed by atoms with Crippen molar-refractivity contribution in [1.82, 2.24) is 0 Å². The lowest BCUT2D eigenvalue weighted by Gasteiger charge is -2.16. The molecule has 0 unspecified atom stereocenters. The maximum Gasteiger partial charge on any atom is 0.123 e. The molecule has 0 bridgehead atoms. The predicted octanol–water partition coefficient (Wildman–Crippen LogP) is 3.66. The number of carbonyl (C=O) groups is 1. The van der Waals surface area contributed by atoms with Crippen LogP contribution in [0.25, 0.3) is 0 Å². The molecular formula is C13H20O. The molecule has 1 heteroatoms. The molecule has 0 saturated heterocycles. The molecule has 0 N–H and O–H groups in total.